The minimum absolute atomic E-state index is 0.0883. The average molecular weight is 358 g/mol. The summed E-state index contributed by atoms with van der Waals surface area (Å²) in [5.41, 5.74) is 2.67. The van der Waals surface area contributed by atoms with Crippen LogP contribution in [0, 0.1) is 0 Å². The molecule has 1 atom stereocenters. The van der Waals surface area contributed by atoms with Crippen molar-refractivity contribution in [1.82, 2.24) is 10.2 Å². The molecule has 0 radical (unpaired) electrons. The highest BCUT2D eigenvalue weighted by atomic mass is 16.6. The fourth-order valence-electron chi connectivity index (χ4n) is 3.15. The fraction of sp³-hybridized carbons (Fsp3) is 0.526. The second-order valence-corrected chi connectivity index (χ2v) is 6.74. The van der Waals surface area contributed by atoms with Crippen molar-refractivity contribution in [2.45, 2.75) is 45.1 Å². The number of hydrogen-bond donors (Lipinski definition) is 2. The maximum Gasteiger partial charge on any atom is 0.319 e. The lowest BCUT2D eigenvalue weighted by Crippen LogP contribution is -2.35. The monoisotopic (exact) mass is 358 g/mol. The van der Waals surface area contributed by atoms with Gasteiger partial charge in [-0.3, -0.25) is 4.79 Å². The lowest BCUT2D eigenvalue weighted by atomic mass is 10.1. The largest absolute Gasteiger partial charge is 0.390 e. The molecule has 7 nitrogen and oxygen atoms in total. The van der Waals surface area contributed by atoms with Crippen LogP contribution in [-0.2, 0) is 16.1 Å². The van der Waals surface area contributed by atoms with E-state index in [2.05, 4.69) is 15.8 Å². The Kier molecular flexibility index (Phi) is 6.09. The van der Waals surface area contributed by atoms with E-state index in [0.717, 1.165) is 50.0 Å². The Labute approximate surface area is 153 Å². The molecule has 140 valence electrons. The third-order valence-electron chi connectivity index (χ3n) is 4.72. The Morgan fingerprint density at radius 1 is 1.23 bits per heavy atom. The number of anilines is 1. The number of carbonyl (C=O) groups excluding carboxylic acids is 2. The van der Waals surface area contributed by atoms with E-state index in [1.165, 1.54) is 0 Å². The summed E-state index contributed by atoms with van der Waals surface area (Å²) in [6, 6.07) is 7.11. The number of carbonyl (C=O) groups is 2. The molecule has 0 aromatic heterocycles. The molecule has 1 aromatic carbocycles. The standard InChI is InChI=1S/C19H26N4O3/c1-2-15-12-17(26-22-15)13-20-19(25)21-16-7-5-14(6-8-16)11-18(24)23-9-3-4-10-23/h5-8,17H,2-4,9-13H2,1H3,(H2,20,21,25)/t17-/m1/s1. The first-order valence-corrected chi connectivity index (χ1v) is 9.27. The number of rotatable bonds is 6. The van der Waals surface area contributed by atoms with E-state index in [1.54, 1.807) is 0 Å². The average Bonchev–Trinajstić information content (AvgIpc) is 3.33. The number of hydrogen-bond acceptors (Lipinski definition) is 4. The second-order valence-electron chi connectivity index (χ2n) is 6.74. The van der Waals surface area contributed by atoms with Crippen LogP contribution < -0.4 is 10.6 Å². The molecule has 2 aliphatic heterocycles. The van der Waals surface area contributed by atoms with Crippen LogP contribution in [0.15, 0.2) is 29.4 Å². The van der Waals surface area contributed by atoms with E-state index in [0.29, 0.717) is 18.7 Å². The Hall–Kier alpha value is -2.57. The van der Waals surface area contributed by atoms with Gasteiger partial charge in [-0.2, -0.15) is 0 Å². The van der Waals surface area contributed by atoms with Crippen LogP contribution in [-0.4, -0.2) is 48.3 Å². The molecule has 0 unspecified atom stereocenters. The minimum atomic E-state index is -0.278. The first kappa shape index (κ1) is 18.2. The highest BCUT2D eigenvalue weighted by Gasteiger charge is 2.20. The second kappa shape index (κ2) is 8.69. The van der Waals surface area contributed by atoms with Crippen LogP contribution in [0.4, 0.5) is 10.5 Å². The van der Waals surface area contributed by atoms with Gasteiger partial charge in [-0.1, -0.05) is 24.2 Å². The van der Waals surface area contributed by atoms with Crippen LogP contribution in [0.2, 0.25) is 0 Å². The third kappa shape index (κ3) is 4.97. The maximum absolute atomic E-state index is 12.2. The molecule has 2 heterocycles. The normalized spacial score (nSPS) is 19.0. The Morgan fingerprint density at radius 3 is 2.62 bits per heavy atom. The van der Waals surface area contributed by atoms with Gasteiger partial charge in [0.05, 0.1) is 18.7 Å². The van der Waals surface area contributed by atoms with Crippen LogP contribution in [0.5, 0.6) is 0 Å². The zero-order chi connectivity index (χ0) is 18.4. The van der Waals surface area contributed by atoms with Gasteiger partial charge in [-0.15, -0.1) is 0 Å². The Bertz CT molecular complexity index is 666. The van der Waals surface area contributed by atoms with E-state index in [1.807, 2.05) is 36.1 Å². The van der Waals surface area contributed by atoms with Gasteiger partial charge in [0.2, 0.25) is 5.91 Å². The van der Waals surface area contributed by atoms with E-state index in [9.17, 15) is 9.59 Å². The number of nitrogens with zero attached hydrogens (tertiary/aromatic N) is 2. The molecule has 1 aromatic rings. The SMILES string of the molecule is CCC1=NO[C@@H](CNC(=O)Nc2ccc(CC(=O)N3CCCC3)cc2)C1. The highest BCUT2D eigenvalue weighted by Crippen LogP contribution is 2.14. The first-order valence-electron chi connectivity index (χ1n) is 9.27. The molecule has 1 fully saturated rings. The summed E-state index contributed by atoms with van der Waals surface area (Å²) in [4.78, 5) is 31.3. The summed E-state index contributed by atoms with van der Waals surface area (Å²) in [5, 5.41) is 9.55. The van der Waals surface area contributed by atoms with Gasteiger partial charge in [-0.25, -0.2) is 4.79 Å². The van der Waals surface area contributed by atoms with Crippen molar-refractivity contribution >= 4 is 23.3 Å². The zero-order valence-corrected chi connectivity index (χ0v) is 15.2. The van der Waals surface area contributed by atoms with E-state index in [4.69, 9.17) is 4.84 Å². The van der Waals surface area contributed by atoms with E-state index < -0.39 is 0 Å². The molecule has 1 saturated heterocycles. The lowest BCUT2D eigenvalue weighted by Gasteiger charge is -2.15. The van der Waals surface area contributed by atoms with Crippen molar-refractivity contribution in [1.29, 1.82) is 0 Å². The number of amides is 3. The van der Waals surface area contributed by atoms with E-state index >= 15 is 0 Å². The number of benzene rings is 1. The van der Waals surface area contributed by atoms with Crippen LogP contribution in [0.3, 0.4) is 0 Å². The van der Waals surface area contributed by atoms with Crippen molar-refractivity contribution in [3.8, 4) is 0 Å². The van der Waals surface area contributed by atoms with Crippen molar-refractivity contribution in [3.63, 3.8) is 0 Å². The Balaban J connectivity index is 1.40. The zero-order valence-electron chi connectivity index (χ0n) is 15.2. The number of likely N-dealkylation sites (tertiary alicyclic amines) is 1. The van der Waals surface area contributed by atoms with Gasteiger partial charge in [-0.05, 0) is 37.0 Å². The summed E-state index contributed by atoms with van der Waals surface area (Å²) in [7, 11) is 0. The predicted molar refractivity (Wildman–Crippen MR) is 100 cm³/mol. The van der Waals surface area contributed by atoms with Crippen LogP contribution >= 0.6 is 0 Å². The van der Waals surface area contributed by atoms with E-state index in [-0.39, 0.29) is 18.0 Å². The smallest absolute Gasteiger partial charge is 0.319 e. The van der Waals surface area contributed by atoms with Gasteiger partial charge in [0.25, 0.3) is 0 Å². The summed E-state index contributed by atoms with van der Waals surface area (Å²) in [6.45, 7) is 4.19. The van der Waals surface area contributed by atoms with Crippen molar-refractivity contribution < 1.29 is 14.4 Å². The van der Waals surface area contributed by atoms with Gasteiger partial charge in [0, 0.05) is 25.2 Å². The quantitative estimate of drug-likeness (QED) is 0.820. The maximum atomic E-state index is 12.2. The molecule has 3 amide bonds. The summed E-state index contributed by atoms with van der Waals surface area (Å²) < 4.78 is 0. The third-order valence-corrected chi connectivity index (χ3v) is 4.72. The Morgan fingerprint density at radius 2 is 1.96 bits per heavy atom. The molecule has 0 spiro atoms. The van der Waals surface area contributed by atoms with Crippen molar-refractivity contribution in [3.05, 3.63) is 29.8 Å². The lowest BCUT2D eigenvalue weighted by molar-refractivity contribution is -0.129. The van der Waals surface area contributed by atoms with Crippen LogP contribution in [0.25, 0.3) is 0 Å². The fourth-order valence-corrected chi connectivity index (χ4v) is 3.15. The number of oxime groups is 1. The molecule has 2 N–H and O–H groups in total. The van der Waals surface area contributed by atoms with Crippen LogP contribution in [0.1, 0.15) is 38.2 Å². The van der Waals surface area contributed by atoms with Crippen molar-refractivity contribution in [2.75, 3.05) is 25.0 Å². The predicted octanol–water partition coefficient (Wildman–Crippen LogP) is 2.53. The molecule has 0 bridgehead atoms. The number of urea groups is 1. The van der Waals surface area contributed by atoms with Gasteiger partial charge >= 0.3 is 6.03 Å². The highest BCUT2D eigenvalue weighted by molar-refractivity contribution is 5.89. The van der Waals surface area contributed by atoms with Gasteiger partial charge < -0.3 is 20.4 Å². The first-order chi connectivity index (χ1) is 12.6. The molecule has 3 rings (SSSR count). The minimum Gasteiger partial charge on any atom is -0.390 e. The van der Waals surface area contributed by atoms with Crippen molar-refractivity contribution in [2.24, 2.45) is 5.16 Å². The molecule has 26 heavy (non-hydrogen) atoms. The molecule has 2 aliphatic rings. The molecule has 7 heteroatoms. The van der Waals surface area contributed by atoms with Gasteiger partial charge in [0.15, 0.2) is 0 Å². The van der Waals surface area contributed by atoms with Gasteiger partial charge in [0.1, 0.15) is 6.10 Å². The molecule has 0 saturated carbocycles. The summed E-state index contributed by atoms with van der Waals surface area (Å²) in [6.07, 6.45) is 4.15. The number of nitrogens with one attached hydrogen (secondary N) is 2. The topological polar surface area (TPSA) is 83.0 Å². The summed E-state index contributed by atoms with van der Waals surface area (Å²) in [5.74, 6) is 0.172. The molecule has 0 aliphatic carbocycles. The summed E-state index contributed by atoms with van der Waals surface area (Å²) >= 11 is 0. The molecular formula is C19H26N4O3. The molecular weight excluding hydrogens is 332 g/mol.